The van der Waals surface area contributed by atoms with Gasteiger partial charge in [-0.05, 0) is 53.0 Å². The summed E-state index contributed by atoms with van der Waals surface area (Å²) in [5, 5.41) is 10.9. The summed E-state index contributed by atoms with van der Waals surface area (Å²) in [6.07, 6.45) is 3.25. The van der Waals surface area contributed by atoms with Crippen LogP contribution in [0, 0.1) is 0 Å². The number of hydrogen-bond donors (Lipinski definition) is 2. The topological polar surface area (TPSA) is 119 Å². The van der Waals surface area contributed by atoms with Gasteiger partial charge < -0.3 is 19.6 Å². The molecule has 32 heavy (non-hydrogen) atoms. The van der Waals surface area contributed by atoms with E-state index in [1.807, 2.05) is 6.92 Å². The lowest BCUT2D eigenvalue weighted by Crippen LogP contribution is -2.21. The van der Waals surface area contributed by atoms with Crippen LogP contribution in [0.25, 0.3) is 11.1 Å². The van der Waals surface area contributed by atoms with Gasteiger partial charge in [0.2, 0.25) is 9.84 Å². The number of sulfone groups is 1. The molecule has 10 heteroatoms. The molecule has 0 atom stereocenters. The molecule has 0 saturated heterocycles. The number of pyridine rings is 2. The van der Waals surface area contributed by atoms with Crippen LogP contribution in [-0.2, 0) is 16.3 Å². The highest BCUT2D eigenvalue weighted by atomic mass is 79.9. The first-order valence-electron chi connectivity index (χ1n) is 9.82. The number of rotatable bonds is 8. The van der Waals surface area contributed by atoms with Gasteiger partial charge in [0.1, 0.15) is 17.2 Å². The summed E-state index contributed by atoms with van der Waals surface area (Å²) in [5.41, 5.74) is -0.0450. The molecule has 2 heterocycles. The van der Waals surface area contributed by atoms with Crippen molar-refractivity contribution in [1.29, 1.82) is 0 Å². The zero-order valence-electron chi connectivity index (χ0n) is 17.8. The fourth-order valence-electron chi connectivity index (χ4n) is 3.40. The molecule has 0 aliphatic heterocycles. The second-order valence-corrected chi connectivity index (χ2v) is 9.69. The van der Waals surface area contributed by atoms with Crippen LogP contribution in [0.15, 0.2) is 55.7 Å². The van der Waals surface area contributed by atoms with E-state index in [2.05, 4.69) is 25.9 Å². The maximum Gasteiger partial charge on any atom is 0.271 e. The van der Waals surface area contributed by atoms with Gasteiger partial charge in [0.05, 0.1) is 25.3 Å². The fourth-order valence-corrected chi connectivity index (χ4v) is 4.94. The molecule has 0 radical (unpaired) electrons. The van der Waals surface area contributed by atoms with Crippen molar-refractivity contribution in [1.82, 2.24) is 9.97 Å². The lowest BCUT2D eigenvalue weighted by Gasteiger charge is -2.19. The monoisotopic (exact) mass is 522 g/mol. The van der Waals surface area contributed by atoms with Crippen LogP contribution in [0.1, 0.15) is 25.5 Å². The first kappa shape index (κ1) is 23.8. The van der Waals surface area contributed by atoms with Gasteiger partial charge in [-0.2, -0.15) is 0 Å². The van der Waals surface area contributed by atoms with Crippen molar-refractivity contribution in [2.45, 2.75) is 36.1 Å². The number of nitrogens with zero attached hydrogens (tertiary/aromatic N) is 1. The third-order valence-electron chi connectivity index (χ3n) is 4.93. The highest BCUT2D eigenvalue weighted by molar-refractivity contribution is 9.10. The van der Waals surface area contributed by atoms with Crippen molar-refractivity contribution in [3.63, 3.8) is 0 Å². The van der Waals surface area contributed by atoms with Crippen LogP contribution >= 0.6 is 15.9 Å². The average molecular weight is 523 g/mol. The Labute approximate surface area is 194 Å². The van der Waals surface area contributed by atoms with E-state index in [9.17, 15) is 18.3 Å². The molecule has 0 aliphatic carbocycles. The lowest BCUT2D eigenvalue weighted by atomic mass is 9.98. The predicted octanol–water partition coefficient (Wildman–Crippen LogP) is 4.10. The number of aryl methyl sites for hydroxylation is 1. The molecule has 3 aromatic rings. The molecule has 0 bridgehead atoms. The zero-order chi connectivity index (χ0) is 23.5. The third kappa shape index (κ3) is 4.37. The van der Waals surface area contributed by atoms with E-state index in [4.69, 9.17) is 9.47 Å². The smallest absolute Gasteiger partial charge is 0.271 e. The number of H-pyrrole nitrogens is 1. The third-order valence-corrected chi connectivity index (χ3v) is 7.10. The Morgan fingerprint density at radius 2 is 1.75 bits per heavy atom. The van der Waals surface area contributed by atoms with Gasteiger partial charge in [-0.3, -0.25) is 4.79 Å². The van der Waals surface area contributed by atoms with Crippen molar-refractivity contribution in [2.24, 2.45) is 0 Å². The van der Waals surface area contributed by atoms with Crippen molar-refractivity contribution in [2.75, 3.05) is 14.2 Å². The number of aromatic amines is 1. The fraction of sp³-hybridized carbons (Fsp3) is 0.273. The molecule has 0 unspecified atom stereocenters. The van der Waals surface area contributed by atoms with Crippen molar-refractivity contribution >= 4 is 25.8 Å². The molecule has 8 nitrogen and oxygen atoms in total. The Kier molecular flexibility index (Phi) is 7.25. The van der Waals surface area contributed by atoms with Gasteiger partial charge >= 0.3 is 0 Å². The van der Waals surface area contributed by atoms with Crippen LogP contribution in [0.3, 0.4) is 0 Å². The first-order valence-corrected chi connectivity index (χ1v) is 12.1. The summed E-state index contributed by atoms with van der Waals surface area (Å²) in [6.45, 7) is 1.99. The van der Waals surface area contributed by atoms with E-state index in [-0.39, 0.29) is 10.6 Å². The normalized spacial score (nSPS) is 11.4. The van der Waals surface area contributed by atoms with Gasteiger partial charge in [0.25, 0.3) is 5.56 Å². The van der Waals surface area contributed by atoms with Crippen LogP contribution < -0.4 is 15.0 Å². The number of hydrogen-bond acceptors (Lipinski definition) is 7. The van der Waals surface area contributed by atoms with Gasteiger partial charge in [-0.25, -0.2) is 13.4 Å². The maximum atomic E-state index is 13.3. The second-order valence-electron chi connectivity index (χ2n) is 6.94. The SMILES string of the molecule is CCCCc1[nH]c(=O)c(S(=O)(=O)c2ccc(Br)cn2)c(O)c1-c1c(OC)cccc1OC. The predicted molar refractivity (Wildman–Crippen MR) is 123 cm³/mol. The molecule has 0 saturated carbocycles. The number of methoxy groups -OCH3 is 2. The molecule has 0 spiro atoms. The van der Waals surface area contributed by atoms with Gasteiger partial charge in [-0.15, -0.1) is 0 Å². The van der Waals surface area contributed by atoms with Crippen LogP contribution in [0.2, 0.25) is 0 Å². The minimum atomic E-state index is -4.43. The van der Waals surface area contributed by atoms with E-state index < -0.39 is 26.0 Å². The van der Waals surface area contributed by atoms with Crippen molar-refractivity contribution in [3.8, 4) is 28.4 Å². The van der Waals surface area contributed by atoms with Crippen LogP contribution in [0.5, 0.6) is 17.2 Å². The molecule has 3 rings (SSSR count). The second kappa shape index (κ2) is 9.74. The number of aromatic nitrogens is 2. The zero-order valence-corrected chi connectivity index (χ0v) is 20.2. The summed E-state index contributed by atoms with van der Waals surface area (Å²) in [5.74, 6) is 0.0384. The maximum absolute atomic E-state index is 13.3. The Morgan fingerprint density at radius 3 is 2.28 bits per heavy atom. The molecular formula is C22H23BrN2O6S. The van der Waals surface area contributed by atoms with E-state index in [0.717, 1.165) is 6.42 Å². The van der Waals surface area contributed by atoms with Crippen molar-refractivity contribution < 1.29 is 23.0 Å². The van der Waals surface area contributed by atoms with Gasteiger partial charge in [-0.1, -0.05) is 19.4 Å². The molecule has 2 aromatic heterocycles. The van der Waals surface area contributed by atoms with Crippen LogP contribution in [0.4, 0.5) is 0 Å². The van der Waals surface area contributed by atoms with Crippen LogP contribution in [-0.4, -0.2) is 37.7 Å². The summed E-state index contributed by atoms with van der Waals surface area (Å²) in [7, 11) is -1.52. The summed E-state index contributed by atoms with van der Waals surface area (Å²) in [6, 6.07) is 7.78. The Balaban J connectivity index is 2.40. The van der Waals surface area contributed by atoms with Gasteiger partial charge in [0.15, 0.2) is 9.92 Å². The molecule has 0 fully saturated rings. The van der Waals surface area contributed by atoms with E-state index >= 15 is 0 Å². The highest BCUT2D eigenvalue weighted by Gasteiger charge is 2.32. The first-order chi connectivity index (χ1) is 15.3. The highest BCUT2D eigenvalue weighted by Crippen LogP contribution is 2.45. The molecule has 1 aromatic carbocycles. The Bertz CT molecular complexity index is 1260. The van der Waals surface area contributed by atoms with E-state index in [1.54, 1.807) is 18.2 Å². The largest absolute Gasteiger partial charge is 0.506 e. The quantitative estimate of drug-likeness (QED) is 0.457. The number of halogens is 1. The summed E-state index contributed by atoms with van der Waals surface area (Å²) < 4.78 is 38.1. The average Bonchev–Trinajstić information content (AvgIpc) is 2.77. The molecule has 2 N–H and O–H groups in total. The standard InChI is InChI=1S/C22H23BrN2O6S/c1-4-5-7-14-18(19-15(30-2)8-6-9-16(19)31-3)20(26)21(22(27)25-14)32(28,29)17-11-10-13(23)12-24-17/h6,8-12H,4-5,7H2,1-3H3,(H2,25,26,27). The summed E-state index contributed by atoms with van der Waals surface area (Å²) in [4.78, 5) is 18.7. The van der Waals surface area contributed by atoms with E-state index in [0.29, 0.717) is 40.1 Å². The minimum absolute atomic E-state index is 0.142. The Hall–Kier alpha value is -2.85. The minimum Gasteiger partial charge on any atom is -0.506 e. The molecule has 0 aliphatic rings. The molecule has 0 amide bonds. The van der Waals surface area contributed by atoms with Gasteiger partial charge in [0, 0.05) is 16.4 Å². The molecule has 170 valence electrons. The Morgan fingerprint density at radius 1 is 1.09 bits per heavy atom. The number of ether oxygens (including phenoxy) is 2. The number of nitrogens with one attached hydrogen (secondary N) is 1. The molecular weight excluding hydrogens is 500 g/mol. The number of aromatic hydroxyl groups is 1. The summed E-state index contributed by atoms with van der Waals surface area (Å²) >= 11 is 3.20. The number of benzene rings is 1. The van der Waals surface area contributed by atoms with Crippen molar-refractivity contribution in [3.05, 3.63) is 57.0 Å². The lowest BCUT2D eigenvalue weighted by molar-refractivity contribution is 0.395. The van der Waals surface area contributed by atoms with E-state index in [1.165, 1.54) is 32.5 Å². The number of unbranched alkanes of at least 4 members (excludes halogenated alkanes) is 1.